The van der Waals surface area contributed by atoms with Crippen LogP contribution in [0.25, 0.3) is 0 Å². The smallest absolute Gasteiger partial charge is 0.146 e. The molecule has 0 saturated heterocycles. The number of thioether (sulfide) groups is 1. The van der Waals surface area contributed by atoms with Gasteiger partial charge in [0.1, 0.15) is 17.6 Å². The molecule has 0 amide bonds. The Hall–Kier alpha value is -1.34. The maximum absolute atomic E-state index is 9.16. The topological polar surface area (TPSA) is 33.0 Å². The lowest BCUT2D eigenvalue weighted by Crippen LogP contribution is -1.93. The Morgan fingerprint density at radius 1 is 1.24 bits per heavy atom. The van der Waals surface area contributed by atoms with E-state index >= 15 is 0 Å². The van der Waals surface area contributed by atoms with E-state index in [0.29, 0.717) is 28.0 Å². The van der Waals surface area contributed by atoms with E-state index < -0.39 is 0 Å². The summed E-state index contributed by atoms with van der Waals surface area (Å²) in [6.07, 6.45) is 0. The molecule has 0 atom stereocenters. The van der Waals surface area contributed by atoms with Gasteiger partial charge in [-0.1, -0.05) is 30.7 Å². The van der Waals surface area contributed by atoms with Crippen molar-refractivity contribution in [3.05, 3.63) is 52.5 Å². The third-order valence-electron chi connectivity index (χ3n) is 2.78. The molecule has 2 aromatic rings. The summed E-state index contributed by atoms with van der Waals surface area (Å²) in [7, 11) is 0. The molecule has 0 bridgehead atoms. The van der Waals surface area contributed by atoms with Crippen LogP contribution >= 0.6 is 35.0 Å². The minimum atomic E-state index is 0.417. The highest BCUT2D eigenvalue weighted by atomic mass is 35.5. The van der Waals surface area contributed by atoms with Gasteiger partial charge in [0.05, 0.1) is 10.5 Å². The van der Waals surface area contributed by atoms with Crippen molar-refractivity contribution in [2.45, 2.75) is 17.7 Å². The Labute approximate surface area is 138 Å². The Morgan fingerprint density at radius 3 is 2.71 bits per heavy atom. The van der Waals surface area contributed by atoms with Crippen LogP contribution in [0.2, 0.25) is 5.02 Å². The zero-order valence-corrected chi connectivity index (χ0v) is 13.7. The Bertz CT molecular complexity index is 682. The van der Waals surface area contributed by atoms with Gasteiger partial charge in [0.2, 0.25) is 0 Å². The van der Waals surface area contributed by atoms with Gasteiger partial charge in [-0.15, -0.1) is 23.4 Å². The molecule has 2 aromatic carbocycles. The number of rotatable bonds is 5. The predicted molar refractivity (Wildman–Crippen MR) is 88.6 cm³/mol. The highest BCUT2D eigenvalue weighted by Crippen LogP contribution is 2.37. The van der Waals surface area contributed by atoms with Crippen LogP contribution in [0, 0.1) is 11.3 Å². The van der Waals surface area contributed by atoms with Gasteiger partial charge >= 0.3 is 0 Å². The monoisotopic (exact) mass is 337 g/mol. The Balaban J connectivity index is 2.44. The first-order valence-corrected chi connectivity index (χ1v) is 8.27. The number of halogens is 2. The van der Waals surface area contributed by atoms with Crippen LogP contribution in [0.4, 0.5) is 0 Å². The van der Waals surface area contributed by atoms with Crippen molar-refractivity contribution in [1.29, 1.82) is 5.26 Å². The first kappa shape index (κ1) is 16.0. The molecule has 0 aromatic heterocycles. The van der Waals surface area contributed by atoms with Gasteiger partial charge in [0.15, 0.2) is 0 Å². The first-order valence-electron chi connectivity index (χ1n) is 6.37. The summed E-state index contributed by atoms with van der Waals surface area (Å²) in [5, 5.41) is 9.69. The van der Waals surface area contributed by atoms with Crippen molar-refractivity contribution in [1.82, 2.24) is 0 Å². The summed E-state index contributed by atoms with van der Waals surface area (Å²) in [6, 6.07) is 12.8. The number of ether oxygens (including phenoxy) is 1. The number of hydrogen-bond donors (Lipinski definition) is 0. The molecule has 0 aliphatic heterocycles. The molecule has 0 aliphatic rings. The average molecular weight is 338 g/mol. The van der Waals surface area contributed by atoms with Gasteiger partial charge in [-0.05, 0) is 29.5 Å². The van der Waals surface area contributed by atoms with Gasteiger partial charge in [0.25, 0.3) is 0 Å². The van der Waals surface area contributed by atoms with Crippen LogP contribution in [0.5, 0.6) is 11.5 Å². The summed E-state index contributed by atoms with van der Waals surface area (Å²) < 4.78 is 5.92. The van der Waals surface area contributed by atoms with Crippen molar-refractivity contribution < 1.29 is 4.74 Å². The number of hydrogen-bond acceptors (Lipinski definition) is 3. The fourth-order valence-corrected chi connectivity index (χ4v) is 3.18. The van der Waals surface area contributed by atoms with Gasteiger partial charge < -0.3 is 4.74 Å². The van der Waals surface area contributed by atoms with E-state index in [9.17, 15) is 0 Å². The second kappa shape index (κ2) is 7.61. The lowest BCUT2D eigenvalue weighted by atomic mass is 10.2. The molecule has 2 nitrogen and oxygen atoms in total. The molecule has 0 aliphatic carbocycles. The maximum atomic E-state index is 9.16. The van der Waals surface area contributed by atoms with Crippen molar-refractivity contribution >= 4 is 35.0 Å². The standard InChI is InChI=1S/C16H13Cl2NOS/c1-2-21-16-11(9-17)4-3-5-14(16)20-15-8-13(18)7-6-12(15)10-19/h3-8H,2,9H2,1H3. The molecular formula is C16H13Cl2NOS. The molecule has 0 N–H and O–H groups in total. The van der Waals surface area contributed by atoms with E-state index in [4.69, 9.17) is 33.2 Å². The molecule has 0 radical (unpaired) electrons. The molecule has 108 valence electrons. The highest BCUT2D eigenvalue weighted by molar-refractivity contribution is 7.99. The largest absolute Gasteiger partial charge is 0.455 e. The van der Waals surface area contributed by atoms with Gasteiger partial charge in [0, 0.05) is 17.0 Å². The molecule has 5 heteroatoms. The number of nitriles is 1. The van der Waals surface area contributed by atoms with Crippen LogP contribution in [0.3, 0.4) is 0 Å². The van der Waals surface area contributed by atoms with E-state index in [0.717, 1.165) is 16.2 Å². The molecule has 0 spiro atoms. The molecule has 0 heterocycles. The lowest BCUT2D eigenvalue weighted by molar-refractivity contribution is 0.468. The molecule has 0 unspecified atom stereocenters. The SMILES string of the molecule is CCSc1c(CCl)cccc1Oc1cc(Cl)ccc1C#N. The van der Waals surface area contributed by atoms with Crippen LogP contribution < -0.4 is 4.74 Å². The third kappa shape index (κ3) is 3.85. The van der Waals surface area contributed by atoms with E-state index in [1.165, 1.54) is 0 Å². The Kier molecular flexibility index (Phi) is 5.81. The quantitative estimate of drug-likeness (QED) is 0.506. The van der Waals surface area contributed by atoms with Crippen molar-refractivity contribution in [2.75, 3.05) is 5.75 Å². The van der Waals surface area contributed by atoms with Crippen LogP contribution in [0.15, 0.2) is 41.3 Å². The fourth-order valence-electron chi connectivity index (χ4n) is 1.85. The van der Waals surface area contributed by atoms with Gasteiger partial charge in [-0.3, -0.25) is 0 Å². The average Bonchev–Trinajstić information content (AvgIpc) is 2.49. The molecule has 0 fully saturated rings. The van der Waals surface area contributed by atoms with Crippen LogP contribution in [-0.4, -0.2) is 5.75 Å². The fraction of sp³-hybridized carbons (Fsp3) is 0.188. The first-order chi connectivity index (χ1) is 10.2. The van der Waals surface area contributed by atoms with Gasteiger partial charge in [-0.25, -0.2) is 0 Å². The van der Waals surface area contributed by atoms with Crippen molar-refractivity contribution in [3.8, 4) is 17.6 Å². The third-order valence-corrected chi connectivity index (χ3v) is 4.34. The number of alkyl halides is 1. The van der Waals surface area contributed by atoms with E-state index in [2.05, 4.69) is 13.0 Å². The Morgan fingerprint density at radius 2 is 2.05 bits per heavy atom. The molecule has 0 saturated carbocycles. The van der Waals surface area contributed by atoms with Crippen LogP contribution in [0.1, 0.15) is 18.1 Å². The summed E-state index contributed by atoms with van der Waals surface area (Å²) in [5.41, 5.74) is 1.46. The molecular weight excluding hydrogens is 325 g/mol. The zero-order chi connectivity index (χ0) is 15.2. The minimum Gasteiger partial charge on any atom is -0.455 e. The van der Waals surface area contributed by atoms with E-state index in [1.54, 1.807) is 30.0 Å². The minimum absolute atomic E-state index is 0.417. The van der Waals surface area contributed by atoms with Gasteiger partial charge in [-0.2, -0.15) is 5.26 Å². The predicted octanol–water partition coefficient (Wildman–Crippen LogP) is 5.85. The number of nitrogens with zero attached hydrogens (tertiary/aromatic N) is 1. The summed E-state index contributed by atoms with van der Waals surface area (Å²) in [5.74, 6) is 2.47. The van der Waals surface area contributed by atoms with Crippen molar-refractivity contribution in [2.24, 2.45) is 0 Å². The summed E-state index contributed by atoms with van der Waals surface area (Å²) in [4.78, 5) is 0.999. The van der Waals surface area contributed by atoms with Crippen LogP contribution in [-0.2, 0) is 5.88 Å². The highest BCUT2D eigenvalue weighted by Gasteiger charge is 2.12. The maximum Gasteiger partial charge on any atom is 0.146 e. The lowest BCUT2D eigenvalue weighted by Gasteiger charge is -2.14. The van der Waals surface area contributed by atoms with Crippen molar-refractivity contribution in [3.63, 3.8) is 0 Å². The second-order valence-corrected chi connectivity index (χ2v) is 6.14. The molecule has 21 heavy (non-hydrogen) atoms. The normalized spacial score (nSPS) is 10.2. The second-order valence-electron chi connectivity index (χ2n) is 4.17. The summed E-state index contributed by atoms with van der Waals surface area (Å²) >= 11 is 13.6. The number of benzene rings is 2. The summed E-state index contributed by atoms with van der Waals surface area (Å²) in [6.45, 7) is 2.07. The zero-order valence-electron chi connectivity index (χ0n) is 11.4. The molecule has 2 rings (SSSR count). The van der Waals surface area contributed by atoms with E-state index in [-0.39, 0.29) is 0 Å². The van der Waals surface area contributed by atoms with E-state index in [1.807, 2.05) is 18.2 Å².